The number of benzene rings is 1. The van der Waals surface area contributed by atoms with Crippen LogP contribution in [0.1, 0.15) is 56.0 Å². The van der Waals surface area contributed by atoms with E-state index in [1.165, 1.54) is 38.5 Å². The van der Waals surface area contributed by atoms with Crippen LogP contribution in [-0.2, 0) is 11.3 Å². The van der Waals surface area contributed by atoms with Crippen LogP contribution in [0, 0.1) is 10.8 Å². The Hall–Kier alpha value is -1.35. The van der Waals surface area contributed by atoms with Gasteiger partial charge in [-0.1, -0.05) is 32.9 Å². The predicted molar refractivity (Wildman–Crippen MR) is 87.7 cm³/mol. The molecule has 1 aromatic rings. The van der Waals surface area contributed by atoms with E-state index in [9.17, 15) is 4.79 Å². The Morgan fingerprint density at radius 1 is 1.23 bits per heavy atom. The number of esters is 1. The summed E-state index contributed by atoms with van der Waals surface area (Å²) in [6.45, 7) is 9.44. The van der Waals surface area contributed by atoms with Crippen molar-refractivity contribution >= 4 is 5.97 Å². The van der Waals surface area contributed by atoms with Crippen molar-refractivity contribution in [2.75, 3.05) is 13.7 Å². The van der Waals surface area contributed by atoms with Gasteiger partial charge in [-0.05, 0) is 47.8 Å². The Labute approximate surface area is 133 Å². The monoisotopic (exact) mass is 301 g/mol. The van der Waals surface area contributed by atoms with Gasteiger partial charge in [0.05, 0.1) is 12.7 Å². The van der Waals surface area contributed by atoms with Gasteiger partial charge in [-0.2, -0.15) is 0 Å². The van der Waals surface area contributed by atoms with Gasteiger partial charge in [0.25, 0.3) is 0 Å². The van der Waals surface area contributed by atoms with E-state index in [-0.39, 0.29) is 5.97 Å². The molecule has 2 aliphatic rings. The van der Waals surface area contributed by atoms with Crippen molar-refractivity contribution in [3.63, 3.8) is 0 Å². The summed E-state index contributed by atoms with van der Waals surface area (Å²) in [4.78, 5) is 14.1. The average molecular weight is 301 g/mol. The van der Waals surface area contributed by atoms with E-state index >= 15 is 0 Å². The van der Waals surface area contributed by atoms with Crippen molar-refractivity contribution < 1.29 is 9.53 Å². The lowest BCUT2D eigenvalue weighted by Gasteiger charge is -2.40. The lowest BCUT2D eigenvalue weighted by molar-refractivity contribution is 0.0600. The molecule has 1 aromatic carbocycles. The number of carbonyl (C=O) groups is 1. The molecule has 1 saturated heterocycles. The van der Waals surface area contributed by atoms with Gasteiger partial charge in [0.2, 0.25) is 0 Å². The predicted octanol–water partition coefficient (Wildman–Crippen LogP) is 3.87. The van der Waals surface area contributed by atoms with Crippen LogP contribution in [0.4, 0.5) is 0 Å². The van der Waals surface area contributed by atoms with Crippen LogP contribution >= 0.6 is 0 Å². The highest BCUT2D eigenvalue weighted by atomic mass is 16.5. The van der Waals surface area contributed by atoms with Gasteiger partial charge in [-0.15, -0.1) is 0 Å². The van der Waals surface area contributed by atoms with Gasteiger partial charge in [0.15, 0.2) is 0 Å². The fourth-order valence-electron chi connectivity index (χ4n) is 4.86. The molecule has 3 nitrogen and oxygen atoms in total. The zero-order valence-electron chi connectivity index (χ0n) is 14.2. The fourth-order valence-corrected chi connectivity index (χ4v) is 4.86. The van der Waals surface area contributed by atoms with E-state index in [0.29, 0.717) is 22.4 Å². The van der Waals surface area contributed by atoms with Crippen LogP contribution in [0.25, 0.3) is 0 Å². The summed E-state index contributed by atoms with van der Waals surface area (Å²) in [5, 5.41) is 0. The third-order valence-corrected chi connectivity index (χ3v) is 5.28. The van der Waals surface area contributed by atoms with Gasteiger partial charge in [-0.3, -0.25) is 4.90 Å². The normalized spacial score (nSPS) is 30.3. The molecular formula is C19H27NO2. The number of hydrogen-bond acceptors (Lipinski definition) is 3. The van der Waals surface area contributed by atoms with Crippen molar-refractivity contribution in [1.29, 1.82) is 0 Å². The number of fused-ring (bicyclic) bond motifs is 2. The van der Waals surface area contributed by atoms with Gasteiger partial charge in [0.1, 0.15) is 0 Å². The van der Waals surface area contributed by atoms with Gasteiger partial charge >= 0.3 is 5.97 Å². The Morgan fingerprint density at radius 3 is 2.55 bits per heavy atom. The highest BCUT2D eigenvalue weighted by Gasteiger charge is 2.49. The lowest BCUT2D eigenvalue weighted by Crippen LogP contribution is -2.34. The molecule has 2 fully saturated rings. The molecule has 2 bridgehead atoms. The smallest absolute Gasteiger partial charge is 0.337 e. The summed E-state index contributed by atoms with van der Waals surface area (Å²) in [5.74, 6) is -0.266. The molecule has 2 atom stereocenters. The third kappa shape index (κ3) is 3.05. The summed E-state index contributed by atoms with van der Waals surface area (Å²) in [5.41, 5.74) is 2.83. The van der Waals surface area contributed by atoms with Crippen LogP contribution in [0.15, 0.2) is 24.3 Å². The molecule has 3 rings (SSSR count). The Balaban J connectivity index is 1.70. The molecule has 1 aliphatic carbocycles. The minimum atomic E-state index is -0.266. The van der Waals surface area contributed by atoms with Crippen molar-refractivity contribution in [2.24, 2.45) is 10.8 Å². The zero-order chi connectivity index (χ0) is 16.0. The Kier molecular flexibility index (Phi) is 3.80. The third-order valence-electron chi connectivity index (χ3n) is 5.28. The number of likely N-dealkylation sites (tertiary alicyclic amines) is 1. The molecule has 0 radical (unpaired) electrons. The molecule has 0 unspecified atom stereocenters. The second-order valence-corrected chi connectivity index (χ2v) is 8.31. The molecule has 0 amide bonds. The Bertz CT molecular complexity index is 563. The lowest BCUT2D eigenvalue weighted by atomic mass is 9.65. The fraction of sp³-hybridized carbons (Fsp3) is 0.632. The maximum absolute atomic E-state index is 11.5. The Morgan fingerprint density at radius 2 is 1.91 bits per heavy atom. The van der Waals surface area contributed by atoms with Crippen molar-refractivity contribution in [3.05, 3.63) is 35.4 Å². The van der Waals surface area contributed by atoms with E-state index in [1.807, 2.05) is 12.1 Å². The molecule has 0 aromatic heterocycles. The summed E-state index contributed by atoms with van der Waals surface area (Å²) >= 11 is 0. The molecule has 1 aliphatic heterocycles. The summed E-state index contributed by atoms with van der Waals surface area (Å²) in [6.07, 6.45) is 3.95. The van der Waals surface area contributed by atoms with Crippen molar-refractivity contribution in [2.45, 2.75) is 52.6 Å². The van der Waals surface area contributed by atoms with Crippen molar-refractivity contribution in [3.8, 4) is 0 Å². The van der Waals surface area contributed by atoms with Crippen LogP contribution in [-0.4, -0.2) is 30.6 Å². The summed E-state index contributed by atoms with van der Waals surface area (Å²) in [6, 6.07) is 8.56. The molecule has 0 spiro atoms. The molecular weight excluding hydrogens is 274 g/mol. The van der Waals surface area contributed by atoms with Crippen LogP contribution in [0.5, 0.6) is 0 Å². The summed E-state index contributed by atoms with van der Waals surface area (Å²) in [7, 11) is 1.42. The van der Waals surface area contributed by atoms with Crippen LogP contribution in [0.2, 0.25) is 0 Å². The highest BCUT2D eigenvalue weighted by Crippen LogP contribution is 2.52. The van der Waals surface area contributed by atoms with Crippen LogP contribution in [0.3, 0.4) is 0 Å². The molecule has 0 N–H and O–H groups in total. The molecule has 120 valence electrons. The first kappa shape index (κ1) is 15.5. The van der Waals surface area contributed by atoms with E-state index in [0.717, 1.165) is 6.54 Å². The van der Waals surface area contributed by atoms with E-state index in [2.05, 4.69) is 37.8 Å². The highest BCUT2D eigenvalue weighted by molar-refractivity contribution is 5.89. The number of nitrogens with zero attached hydrogens (tertiary/aromatic N) is 1. The second kappa shape index (κ2) is 5.38. The first-order valence-corrected chi connectivity index (χ1v) is 8.22. The van der Waals surface area contributed by atoms with Gasteiger partial charge in [-0.25, -0.2) is 4.79 Å². The minimum Gasteiger partial charge on any atom is -0.465 e. The number of ether oxygens (including phenoxy) is 1. The first-order valence-electron chi connectivity index (χ1n) is 8.22. The van der Waals surface area contributed by atoms with Gasteiger partial charge in [0, 0.05) is 19.1 Å². The maximum Gasteiger partial charge on any atom is 0.337 e. The standard InChI is InChI=1S/C19H27NO2/c1-18(2)9-16-10-19(3,12-18)13-20(16)11-14-5-7-15(8-6-14)17(21)22-4/h5-8,16H,9-13H2,1-4H3/t16-,19-/m0/s1. The van der Waals surface area contributed by atoms with Gasteiger partial charge < -0.3 is 4.74 Å². The molecule has 1 saturated carbocycles. The number of hydrogen-bond donors (Lipinski definition) is 0. The van der Waals surface area contributed by atoms with Crippen molar-refractivity contribution in [1.82, 2.24) is 4.90 Å². The average Bonchev–Trinajstić information content (AvgIpc) is 2.67. The topological polar surface area (TPSA) is 29.5 Å². The number of rotatable bonds is 3. The number of methoxy groups -OCH3 is 1. The number of carbonyl (C=O) groups excluding carboxylic acids is 1. The van der Waals surface area contributed by atoms with Crippen LogP contribution < -0.4 is 0 Å². The van der Waals surface area contributed by atoms with E-state index in [4.69, 9.17) is 4.74 Å². The first-order chi connectivity index (χ1) is 10.3. The molecule has 3 heteroatoms. The molecule has 22 heavy (non-hydrogen) atoms. The second-order valence-electron chi connectivity index (χ2n) is 8.31. The SMILES string of the molecule is COC(=O)c1ccc(CN2C[C@@]3(C)C[C@@H]2CC(C)(C)C3)cc1. The largest absolute Gasteiger partial charge is 0.465 e. The minimum absolute atomic E-state index is 0.266. The zero-order valence-corrected chi connectivity index (χ0v) is 14.2. The quantitative estimate of drug-likeness (QED) is 0.794. The molecule has 1 heterocycles. The van der Waals surface area contributed by atoms with E-state index < -0.39 is 0 Å². The van der Waals surface area contributed by atoms with E-state index in [1.54, 1.807) is 0 Å². The summed E-state index contributed by atoms with van der Waals surface area (Å²) < 4.78 is 4.75. The maximum atomic E-state index is 11.5.